The standard InChI is InChI=1S/C9H14N2O2/c1-11-7-2-4-8(5-3-7)13-9(12)6-10/h2-5,9,11-12H,6,10H2,1H3. The summed E-state index contributed by atoms with van der Waals surface area (Å²) in [6.45, 7) is 0.0911. The summed E-state index contributed by atoms with van der Waals surface area (Å²) in [4.78, 5) is 0. The molecule has 0 radical (unpaired) electrons. The summed E-state index contributed by atoms with van der Waals surface area (Å²) in [6, 6.07) is 7.26. The van der Waals surface area contributed by atoms with Crippen molar-refractivity contribution in [2.75, 3.05) is 18.9 Å². The lowest BCUT2D eigenvalue weighted by atomic mass is 10.3. The Balaban J connectivity index is 2.58. The molecule has 13 heavy (non-hydrogen) atoms. The van der Waals surface area contributed by atoms with Crippen LogP contribution in [0.1, 0.15) is 0 Å². The van der Waals surface area contributed by atoms with Gasteiger partial charge in [-0.2, -0.15) is 0 Å². The number of rotatable bonds is 4. The maximum atomic E-state index is 9.08. The zero-order chi connectivity index (χ0) is 9.68. The molecular formula is C9H14N2O2. The second-order valence-electron chi connectivity index (χ2n) is 2.58. The van der Waals surface area contributed by atoms with Gasteiger partial charge in [-0.05, 0) is 24.3 Å². The number of benzene rings is 1. The highest BCUT2D eigenvalue weighted by Crippen LogP contribution is 2.15. The molecule has 0 aliphatic rings. The highest BCUT2D eigenvalue weighted by atomic mass is 16.6. The Bertz CT molecular complexity index is 248. The molecule has 0 spiro atoms. The zero-order valence-corrected chi connectivity index (χ0v) is 7.53. The monoisotopic (exact) mass is 182 g/mol. The summed E-state index contributed by atoms with van der Waals surface area (Å²) < 4.78 is 5.07. The molecule has 4 heteroatoms. The van der Waals surface area contributed by atoms with Crippen LogP contribution in [-0.4, -0.2) is 25.0 Å². The van der Waals surface area contributed by atoms with Gasteiger partial charge in [0.2, 0.25) is 6.29 Å². The van der Waals surface area contributed by atoms with Gasteiger partial charge in [0, 0.05) is 12.7 Å². The zero-order valence-electron chi connectivity index (χ0n) is 7.53. The predicted molar refractivity (Wildman–Crippen MR) is 51.7 cm³/mol. The average molecular weight is 182 g/mol. The third-order valence-electron chi connectivity index (χ3n) is 1.62. The molecule has 0 fully saturated rings. The molecule has 0 amide bonds. The van der Waals surface area contributed by atoms with Gasteiger partial charge in [0.1, 0.15) is 5.75 Å². The quantitative estimate of drug-likeness (QED) is 0.589. The molecule has 0 heterocycles. The molecule has 0 aliphatic carbocycles. The lowest BCUT2D eigenvalue weighted by molar-refractivity contribution is -0.00856. The van der Waals surface area contributed by atoms with E-state index < -0.39 is 6.29 Å². The van der Waals surface area contributed by atoms with Gasteiger partial charge in [-0.1, -0.05) is 0 Å². The Hall–Kier alpha value is -1.26. The van der Waals surface area contributed by atoms with E-state index in [-0.39, 0.29) is 6.54 Å². The van der Waals surface area contributed by atoms with E-state index in [1.165, 1.54) is 0 Å². The number of nitrogens with two attached hydrogens (primary N) is 1. The van der Waals surface area contributed by atoms with Gasteiger partial charge in [-0.3, -0.25) is 0 Å². The van der Waals surface area contributed by atoms with Crippen LogP contribution in [0.15, 0.2) is 24.3 Å². The molecule has 0 aromatic heterocycles. The average Bonchev–Trinajstić information content (AvgIpc) is 2.19. The molecule has 72 valence electrons. The van der Waals surface area contributed by atoms with Crippen molar-refractivity contribution >= 4 is 5.69 Å². The van der Waals surface area contributed by atoms with Crippen molar-refractivity contribution in [1.29, 1.82) is 0 Å². The molecule has 1 unspecified atom stereocenters. The number of nitrogens with one attached hydrogen (secondary N) is 1. The lowest BCUT2D eigenvalue weighted by Crippen LogP contribution is -2.25. The Morgan fingerprint density at radius 3 is 2.54 bits per heavy atom. The minimum atomic E-state index is -0.930. The predicted octanol–water partition coefficient (Wildman–Crippen LogP) is 0.384. The van der Waals surface area contributed by atoms with E-state index >= 15 is 0 Å². The van der Waals surface area contributed by atoms with Crippen LogP contribution in [0, 0.1) is 0 Å². The van der Waals surface area contributed by atoms with Crippen molar-refractivity contribution in [3.05, 3.63) is 24.3 Å². The SMILES string of the molecule is CNc1ccc(OC(O)CN)cc1. The molecule has 1 atom stereocenters. The number of hydrogen-bond donors (Lipinski definition) is 3. The van der Waals surface area contributed by atoms with Crippen molar-refractivity contribution in [1.82, 2.24) is 0 Å². The number of aliphatic hydroxyl groups excluding tert-OH is 1. The minimum absolute atomic E-state index is 0.0911. The summed E-state index contributed by atoms with van der Waals surface area (Å²) in [7, 11) is 1.84. The Labute approximate surface area is 77.3 Å². The number of anilines is 1. The molecular weight excluding hydrogens is 168 g/mol. The first-order valence-electron chi connectivity index (χ1n) is 4.09. The van der Waals surface area contributed by atoms with E-state index in [4.69, 9.17) is 15.6 Å². The molecule has 0 aliphatic heterocycles. The molecule has 4 N–H and O–H groups in total. The van der Waals surface area contributed by atoms with Crippen molar-refractivity contribution in [2.45, 2.75) is 6.29 Å². The van der Waals surface area contributed by atoms with Gasteiger partial charge in [-0.15, -0.1) is 0 Å². The number of aliphatic hydroxyl groups is 1. The maximum Gasteiger partial charge on any atom is 0.209 e. The first kappa shape index (κ1) is 9.83. The van der Waals surface area contributed by atoms with Crippen molar-refractivity contribution in [3.63, 3.8) is 0 Å². The van der Waals surface area contributed by atoms with Crippen LogP contribution in [0.3, 0.4) is 0 Å². The van der Waals surface area contributed by atoms with Crippen LogP contribution < -0.4 is 15.8 Å². The molecule has 1 aromatic rings. The van der Waals surface area contributed by atoms with E-state index in [0.29, 0.717) is 5.75 Å². The van der Waals surface area contributed by atoms with Gasteiger partial charge in [0.05, 0.1) is 6.54 Å². The molecule has 1 rings (SSSR count). The second-order valence-corrected chi connectivity index (χ2v) is 2.58. The van der Waals surface area contributed by atoms with Crippen molar-refractivity contribution in [2.24, 2.45) is 5.73 Å². The van der Waals surface area contributed by atoms with Gasteiger partial charge in [0.25, 0.3) is 0 Å². The van der Waals surface area contributed by atoms with Crippen LogP contribution in [0.4, 0.5) is 5.69 Å². The van der Waals surface area contributed by atoms with E-state index in [9.17, 15) is 0 Å². The van der Waals surface area contributed by atoms with E-state index in [1.54, 1.807) is 12.1 Å². The van der Waals surface area contributed by atoms with Gasteiger partial charge in [-0.25, -0.2) is 0 Å². The summed E-state index contributed by atoms with van der Waals surface area (Å²) in [5, 5.41) is 12.1. The largest absolute Gasteiger partial charge is 0.464 e. The van der Waals surface area contributed by atoms with E-state index in [1.807, 2.05) is 19.2 Å². The van der Waals surface area contributed by atoms with Crippen LogP contribution in [0.5, 0.6) is 5.75 Å². The fourth-order valence-corrected chi connectivity index (χ4v) is 0.905. The fraction of sp³-hybridized carbons (Fsp3) is 0.333. The molecule has 4 nitrogen and oxygen atoms in total. The van der Waals surface area contributed by atoms with Gasteiger partial charge in [0.15, 0.2) is 0 Å². The van der Waals surface area contributed by atoms with Gasteiger partial charge >= 0.3 is 0 Å². The van der Waals surface area contributed by atoms with E-state index in [0.717, 1.165) is 5.69 Å². The Morgan fingerprint density at radius 2 is 2.08 bits per heavy atom. The normalized spacial score (nSPS) is 12.2. The topological polar surface area (TPSA) is 67.5 Å². The van der Waals surface area contributed by atoms with Crippen LogP contribution in [0.2, 0.25) is 0 Å². The fourth-order valence-electron chi connectivity index (χ4n) is 0.905. The highest BCUT2D eigenvalue weighted by molar-refractivity contribution is 5.45. The van der Waals surface area contributed by atoms with Gasteiger partial charge < -0.3 is 20.9 Å². The third-order valence-corrected chi connectivity index (χ3v) is 1.62. The van der Waals surface area contributed by atoms with Crippen LogP contribution in [-0.2, 0) is 0 Å². The second kappa shape index (κ2) is 4.69. The summed E-state index contributed by atoms with van der Waals surface area (Å²) in [5.41, 5.74) is 6.18. The van der Waals surface area contributed by atoms with Crippen molar-refractivity contribution < 1.29 is 9.84 Å². The van der Waals surface area contributed by atoms with E-state index in [2.05, 4.69) is 5.32 Å². The Morgan fingerprint density at radius 1 is 1.46 bits per heavy atom. The van der Waals surface area contributed by atoms with Crippen LogP contribution in [0.25, 0.3) is 0 Å². The molecule has 0 saturated heterocycles. The first-order valence-corrected chi connectivity index (χ1v) is 4.09. The molecule has 1 aromatic carbocycles. The Kier molecular flexibility index (Phi) is 3.54. The summed E-state index contributed by atoms with van der Waals surface area (Å²) >= 11 is 0. The maximum absolute atomic E-state index is 9.08. The summed E-state index contributed by atoms with van der Waals surface area (Å²) in [5.74, 6) is 0.608. The van der Waals surface area contributed by atoms with Crippen molar-refractivity contribution in [3.8, 4) is 5.75 Å². The lowest BCUT2D eigenvalue weighted by Gasteiger charge is -2.11. The smallest absolute Gasteiger partial charge is 0.209 e. The third kappa shape index (κ3) is 2.93. The summed E-state index contributed by atoms with van der Waals surface area (Å²) in [6.07, 6.45) is -0.930. The first-order chi connectivity index (χ1) is 6.26. The number of hydrogen-bond acceptors (Lipinski definition) is 4. The van der Waals surface area contributed by atoms with Crippen LogP contribution >= 0.6 is 0 Å². The minimum Gasteiger partial charge on any atom is -0.464 e. The number of ether oxygens (including phenoxy) is 1. The highest BCUT2D eigenvalue weighted by Gasteiger charge is 2.01. The molecule has 0 saturated carbocycles. The molecule has 0 bridgehead atoms.